The van der Waals surface area contributed by atoms with E-state index in [1.165, 1.54) is 7.11 Å². The number of hydrogen-bond donors (Lipinski definition) is 1. The molecule has 0 amide bonds. The molecule has 0 heterocycles. The van der Waals surface area contributed by atoms with E-state index in [0.717, 1.165) is 0 Å². The Morgan fingerprint density at radius 2 is 2.22 bits per heavy atom. The molecular formula is C6H12O2S. The number of rotatable bonds is 2. The van der Waals surface area contributed by atoms with Crippen LogP contribution in [0.3, 0.4) is 0 Å². The number of hydrogen-bond acceptors (Lipinski definition) is 3. The highest BCUT2D eigenvalue weighted by atomic mass is 32.1. The molecule has 0 fully saturated rings. The van der Waals surface area contributed by atoms with E-state index in [2.05, 4.69) is 17.4 Å². The second-order valence-electron chi connectivity index (χ2n) is 2.12. The van der Waals surface area contributed by atoms with Gasteiger partial charge in [0.15, 0.2) is 0 Å². The largest absolute Gasteiger partial charge is 0.468 e. The molecular weight excluding hydrogens is 136 g/mol. The fourth-order valence-electron chi connectivity index (χ4n) is 0.364. The molecule has 0 N–H and O–H groups in total. The van der Waals surface area contributed by atoms with Crippen molar-refractivity contribution in [3.63, 3.8) is 0 Å². The van der Waals surface area contributed by atoms with Crippen LogP contribution in [0.2, 0.25) is 0 Å². The average molecular weight is 148 g/mol. The molecule has 0 bridgehead atoms. The lowest BCUT2D eigenvalue weighted by molar-refractivity contribution is -0.143. The van der Waals surface area contributed by atoms with Crippen molar-refractivity contribution < 1.29 is 9.53 Å². The summed E-state index contributed by atoms with van der Waals surface area (Å²) in [5, 5.41) is 0. The molecule has 2 nitrogen and oxygen atoms in total. The van der Waals surface area contributed by atoms with Crippen molar-refractivity contribution in [3.8, 4) is 0 Å². The van der Waals surface area contributed by atoms with Gasteiger partial charge in [0.25, 0.3) is 0 Å². The summed E-state index contributed by atoms with van der Waals surface area (Å²) in [4.78, 5) is 10.8. The predicted octanol–water partition coefficient (Wildman–Crippen LogP) is 1.26. The first-order chi connectivity index (χ1) is 4.04. The van der Waals surface area contributed by atoms with E-state index in [0.29, 0.717) is 6.42 Å². The van der Waals surface area contributed by atoms with Gasteiger partial charge >= 0.3 is 5.97 Å². The van der Waals surface area contributed by atoms with Crippen molar-refractivity contribution >= 4 is 18.6 Å². The van der Waals surface area contributed by atoms with Crippen molar-refractivity contribution in [2.24, 2.45) is 0 Å². The number of thiol groups is 1. The SMILES string of the molecule is CCC(C)(S)C(=O)OC. The van der Waals surface area contributed by atoms with Crippen molar-refractivity contribution in [1.29, 1.82) is 0 Å². The van der Waals surface area contributed by atoms with Gasteiger partial charge in [0, 0.05) is 0 Å². The number of carbonyl (C=O) groups is 1. The summed E-state index contributed by atoms with van der Waals surface area (Å²) >= 11 is 4.09. The van der Waals surface area contributed by atoms with Crippen LogP contribution in [-0.2, 0) is 9.53 Å². The van der Waals surface area contributed by atoms with Crippen LogP contribution in [0.4, 0.5) is 0 Å². The molecule has 1 atom stereocenters. The highest BCUT2D eigenvalue weighted by molar-refractivity contribution is 7.82. The van der Waals surface area contributed by atoms with Crippen molar-refractivity contribution in [1.82, 2.24) is 0 Å². The maximum absolute atomic E-state index is 10.8. The molecule has 0 aliphatic rings. The Balaban J connectivity index is 3.97. The first-order valence-electron chi connectivity index (χ1n) is 2.85. The molecule has 54 valence electrons. The van der Waals surface area contributed by atoms with Gasteiger partial charge in [-0.1, -0.05) is 6.92 Å². The summed E-state index contributed by atoms with van der Waals surface area (Å²) in [7, 11) is 1.37. The molecule has 3 heteroatoms. The average Bonchev–Trinajstić information content (AvgIpc) is 1.86. The standard InChI is InChI=1S/C6H12O2S/c1-4-6(2,9)5(7)8-3/h9H,4H2,1-3H3. The van der Waals surface area contributed by atoms with Crippen molar-refractivity contribution in [2.75, 3.05) is 7.11 Å². The zero-order valence-electron chi connectivity index (χ0n) is 5.97. The molecule has 0 spiro atoms. The maximum Gasteiger partial charge on any atom is 0.321 e. The minimum atomic E-state index is -0.616. The fraction of sp³-hybridized carbons (Fsp3) is 0.833. The molecule has 0 aromatic carbocycles. The Bertz CT molecular complexity index is 110. The van der Waals surface area contributed by atoms with Gasteiger partial charge < -0.3 is 4.74 Å². The van der Waals surface area contributed by atoms with Crippen LogP contribution in [0.15, 0.2) is 0 Å². The lowest BCUT2D eigenvalue weighted by atomic mass is 10.1. The smallest absolute Gasteiger partial charge is 0.321 e. The quantitative estimate of drug-likeness (QED) is 0.471. The second kappa shape index (κ2) is 3.11. The third-order valence-electron chi connectivity index (χ3n) is 1.31. The number of carbonyl (C=O) groups excluding carboxylic acids is 1. The molecule has 0 radical (unpaired) electrons. The van der Waals surface area contributed by atoms with Gasteiger partial charge in [0.2, 0.25) is 0 Å². The van der Waals surface area contributed by atoms with Gasteiger partial charge in [-0.15, -0.1) is 0 Å². The summed E-state index contributed by atoms with van der Waals surface area (Å²) < 4.78 is 3.87. The number of esters is 1. The number of ether oxygens (including phenoxy) is 1. The predicted molar refractivity (Wildman–Crippen MR) is 39.7 cm³/mol. The topological polar surface area (TPSA) is 26.3 Å². The van der Waals surface area contributed by atoms with E-state index in [1.54, 1.807) is 6.92 Å². The van der Waals surface area contributed by atoms with Gasteiger partial charge in [-0.3, -0.25) is 4.79 Å². The highest BCUT2D eigenvalue weighted by Crippen LogP contribution is 2.18. The van der Waals surface area contributed by atoms with Crippen LogP contribution in [0.1, 0.15) is 20.3 Å². The first-order valence-corrected chi connectivity index (χ1v) is 3.30. The Hall–Kier alpha value is -0.180. The van der Waals surface area contributed by atoms with Gasteiger partial charge in [-0.2, -0.15) is 12.6 Å². The van der Waals surface area contributed by atoms with E-state index < -0.39 is 4.75 Å². The van der Waals surface area contributed by atoms with E-state index in [9.17, 15) is 4.79 Å². The molecule has 0 aromatic rings. The number of methoxy groups -OCH3 is 1. The van der Waals surface area contributed by atoms with Crippen LogP contribution in [0.5, 0.6) is 0 Å². The summed E-state index contributed by atoms with van der Waals surface area (Å²) in [5.41, 5.74) is 0. The summed E-state index contributed by atoms with van der Waals surface area (Å²) in [6, 6.07) is 0. The normalized spacial score (nSPS) is 16.4. The van der Waals surface area contributed by atoms with Crippen LogP contribution in [0, 0.1) is 0 Å². The summed E-state index contributed by atoms with van der Waals surface area (Å²) in [6.45, 7) is 3.63. The molecule has 0 aliphatic heterocycles. The van der Waals surface area contributed by atoms with E-state index in [4.69, 9.17) is 0 Å². The van der Waals surface area contributed by atoms with Crippen LogP contribution < -0.4 is 0 Å². The van der Waals surface area contributed by atoms with Gasteiger partial charge in [-0.05, 0) is 13.3 Å². The van der Waals surface area contributed by atoms with E-state index in [1.807, 2.05) is 6.92 Å². The van der Waals surface area contributed by atoms with Gasteiger partial charge in [-0.25, -0.2) is 0 Å². The minimum absolute atomic E-state index is 0.270. The molecule has 1 unspecified atom stereocenters. The first kappa shape index (κ1) is 8.82. The molecule has 0 saturated heterocycles. The molecule has 0 aromatic heterocycles. The van der Waals surface area contributed by atoms with Crippen LogP contribution in [-0.4, -0.2) is 17.8 Å². The zero-order valence-corrected chi connectivity index (χ0v) is 6.87. The van der Waals surface area contributed by atoms with Crippen molar-refractivity contribution in [3.05, 3.63) is 0 Å². The Kier molecular flexibility index (Phi) is 3.04. The Labute approximate surface area is 61.0 Å². The Morgan fingerprint density at radius 1 is 1.78 bits per heavy atom. The van der Waals surface area contributed by atoms with E-state index >= 15 is 0 Å². The van der Waals surface area contributed by atoms with Crippen LogP contribution >= 0.6 is 12.6 Å². The van der Waals surface area contributed by atoms with E-state index in [-0.39, 0.29) is 5.97 Å². The third kappa shape index (κ3) is 2.26. The molecule has 0 aliphatic carbocycles. The third-order valence-corrected chi connectivity index (χ3v) is 1.81. The Morgan fingerprint density at radius 3 is 2.33 bits per heavy atom. The lowest BCUT2D eigenvalue weighted by Gasteiger charge is -2.16. The van der Waals surface area contributed by atoms with Gasteiger partial charge in [0.1, 0.15) is 4.75 Å². The van der Waals surface area contributed by atoms with Gasteiger partial charge in [0.05, 0.1) is 7.11 Å². The molecule has 0 rings (SSSR count). The summed E-state index contributed by atoms with van der Waals surface area (Å²) in [6.07, 6.45) is 0.683. The summed E-state index contributed by atoms with van der Waals surface area (Å²) in [5.74, 6) is -0.270. The van der Waals surface area contributed by atoms with Crippen LogP contribution in [0.25, 0.3) is 0 Å². The highest BCUT2D eigenvalue weighted by Gasteiger charge is 2.26. The monoisotopic (exact) mass is 148 g/mol. The fourth-order valence-corrected chi connectivity index (χ4v) is 0.455. The molecule has 9 heavy (non-hydrogen) atoms. The maximum atomic E-state index is 10.8. The van der Waals surface area contributed by atoms with Crippen molar-refractivity contribution in [2.45, 2.75) is 25.0 Å². The second-order valence-corrected chi connectivity index (χ2v) is 3.11. The lowest BCUT2D eigenvalue weighted by Crippen LogP contribution is -2.29. The minimum Gasteiger partial charge on any atom is -0.468 e. The molecule has 0 saturated carbocycles. The zero-order chi connectivity index (χ0) is 7.49.